The monoisotopic (exact) mass is 390 g/mol. The molecule has 6 nitrogen and oxygen atoms in total. The maximum Gasteiger partial charge on any atom is 0.247 e. The summed E-state index contributed by atoms with van der Waals surface area (Å²) >= 11 is 0. The van der Waals surface area contributed by atoms with Gasteiger partial charge in [0.05, 0.1) is 11.4 Å². The van der Waals surface area contributed by atoms with Gasteiger partial charge in [0.2, 0.25) is 10.0 Å². The van der Waals surface area contributed by atoms with Crippen LogP contribution in [-0.2, 0) is 10.0 Å². The maximum atomic E-state index is 13.4. The number of anilines is 3. The van der Waals surface area contributed by atoms with E-state index >= 15 is 0 Å². The Bertz CT molecular complexity index is 787. The molecule has 0 spiro atoms. The van der Waals surface area contributed by atoms with Gasteiger partial charge in [-0.3, -0.25) is 0 Å². The Morgan fingerprint density at radius 3 is 1.96 bits per heavy atom. The van der Waals surface area contributed by atoms with Gasteiger partial charge < -0.3 is 16.0 Å². The molecule has 1 aliphatic carbocycles. The Morgan fingerprint density at radius 1 is 0.926 bits per heavy atom. The van der Waals surface area contributed by atoms with Crippen LogP contribution in [0.25, 0.3) is 0 Å². The number of piperidine rings is 1. The Kier molecular flexibility index (Phi) is 6.11. The van der Waals surface area contributed by atoms with Crippen molar-refractivity contribution in [1.82, 2.24) is 4.31 Å². The van der Waals surface area contributed by atoms with Gasteiger partial charge >= 0.3 is 0 Å². The molecule has 3 rings (SSSR count). The highest BCUT2D eigenvalue weighted by atomic mass is 32.2. The third kappa shape index (κ3) is 3.99. The minimum atomic E-state index is -3.58. The van der Waals surface area contributed by atoms with Crippen LogP contribution in [0.5, 0.6) is 0 Å². The summed E-state index contributed by atoms with van der Waals surface area (Å²) in [6.07, 6.45) is 11.7. The van der Waals surface area contributed by atoms with Crippen LogP contribution in [-0.4, -0.2) is 47.0 Å². The summed E-state index contributed by atoms with van der Waals surface area (Å²) in [5.74, 6) is 0.961. The molecule has 7 heteroatoms. The lowest BCUT2D eigenvalue weighted by atomic mass is 9.83. The second kappa shape index (κ2) is 8.35. The predicted molar refractivity (Wildman–Crippen MR) is 113 cm³/mol. The van der Waals surface area contributed by atoms with Crippen LogP contribution >= 0.6 is 0 Å². The summed E-state index contributed by atoms with van der Waals surface area (Å²) in [6, 6.07) is 3.66. The standard InChI is InChI=1S/C20H30N4O2S/c1-21-17-13-18(22-2)20(19(14-17)23-3)27(25,26)24-11-9-16(10-12-24)15-7-5-4-6-8-15/h5-8,13-16,21-23H,4,9-12H2,1-3H3. The van der Waals surface area contributed by atoms with Crippen molar-refractivity contribution in [1.29, 1.82) is 0 Å². The van der Waals surface area contributed by atoms with Gasteiger partial charge in [-0.15, -0.1) is 0 Å². The molecular formula is C20H30N4O2S. The number of nitrogens with one attached hydrogen (secondary N) is 3. The van der Waals surface area contributed by atoms with E-state index in [9.17, 15) is 8.42 Å². The van der Waals surface area contributed by atoms with Crippen molar-refractivity contribution in [3.8, 4) is 0 Å². The van der Waals surface area contributed by atoms with Gasteiger partial charge in [0, 0.05) is 39.9 Å². The third-order valence-corrected chi connectivity index (χ3v) is 7.55. The largest absolute Gasteiger partial charge is 0.388 e. The quantitative estimate of drug-likeness (QED) is 0.650. The van der Waals surface area contributed by atoms with Crippen molar-refractivity contribution in [2.45, 2.75) is 24.2 Å². The molecular weight excluding hydrogens is 360 g/mol. The van der Waals surface area contributed by atoms with E-state index in [4.69, 9.17) is 0 Å². The fourth-order valence-corrected chi connectivity index (χ4v) is 5.81. The number of nitrogens with zero attached hydrogens (tertiary/aromatic N) is 1. The molecule has 0 bridgehead atoms. The summed E-state index contributed by atoms with van der Waals surface area (Å²) < 4.78 is 28.5. The van der Waals surface area contributed by atoms with E-state index in [0.29, 0.717) is 41.2 Å². The highest BCUT2D eigenvalue weighted by Crippen LogP contribution is 2.37. The normalized spacial score (nSPS) is 19.2. The topological polar surface area (TPSA) is 73.5 Å². The Morgan fingerprint density at radius 2 is 1.48 bits per heavy atom. The minimum absolute atomic E-state index is 0.322. The van der Waals surface area contributed by atoms with Gasteiger partial charge in [-0.2, -0.15) is 4.31 Å². The maximum absolute atomic E-state index is 13.4. The van der Waals surface area contributed by atoms with Crippen molar-refractivity contribution in [3.63, 3.8) is 0 Å². The SMILES string of the molecule is CNc1cc(NC)c(S(=O)(=O)N2CCC(C3C=CCC=C3)CC2)c(NC)c1. The summed E-state index contributed by atoms with van der Waals surface area (Å²) in [6.45, 7) is 1.12. The number of hydrogen-bond donors (Lipinski definition) is 3. The molecule has 27 heavy (non-hydrogen) atoms. The van der Waals surface area contributed by atoms with Crippen molar-refractivity contribution in [2.24, 2.45) is 11.8 Å². The molecule has 0 atom stereocenters. The summed E-state index contributed by atoms with van der Waals surface area (Å²) in [5, 5.41) is 9.17. The molecule has 3 N–H and O–H groups in total. The van der Waals surface area contributed by atoms with E-state index in [1.807, 2.05) is 19.2 Å². The van der Waals surface area contributed by atoms with Crippen molar-refractivity contribution >= 4 is 27.1 Å². The predicted octanol–water partition coefficient (Wildman–Crippen LogP) is 3.34. The zero-order valence-electron chi connectivity index (χ0n) is 16.3. The molecule has 0 unspecified atom stereocenters. The van der Waals surface area contributed by atoms with E-state index in [-0.39, 0.29) is 0 Å². The fourth-order valence-electron chi connectivity index (χ4n) is 3.98. The molecule has 2 aliphatic rings. The first kappa shape index (κ1) is 19.8. The molecule has 1 aliphatic heterocycles. The Labute approximate surface area is 162 Å². The smallest absolute Gasteiger partial charge is 0.247 e. The molecule has 0 radical (unpaired) electrons. The molecule has 1 fully saturated rings. The average Bonchev–Trinajstić information content (AvgIpc) is 2.73. The molecule has 0 aromatic heterocycles. The Hall–Kier alpha value is -1.99. The molecule has 1 heterocycles. The van der Waals surface area contributed by atoms with Gasteiger partial charge in [-0.25, -0.2) is 8.42 Å². The van der Waals surface area contributed by atoms with Gasteiger partial charge in [0.1, 0.15) is 4.90 Å². The average molecular weight is 391 g/mol. The molecule has 1 saturated heterocycles. The number of benzene rings is 1. The highest BCUT2D eigenvalue weighted by Gasteiger charge is 2.34. The second-order valence-electron chi connectivity index (χ2n) is 7.06. The molecule has 0 amide bonds. The molecule has 1 aromatic carbocycles. The summed E-state index contributed by atoms with van der Waals surface area (Å²) in [7, 11) is 1.74. The number of allylic oxidation sites excluding steroid dienone is 4. The first-order valence-corrected chi connectivity index (χ1v) is 11.0. The zero-order valence-corrected chi connectivity index (χ0v) is 17.1. The summed E-state index contributed by atoms with van der Waals surface area (Å²) in [4.78, 5) is 0.322. The number of hydrogen-bond acceptors (Lipinski definition) is 5. The second-order valence-corrected chi connectivity index (χ2v) is 8.94. The first-order valence-electron chi connectivity index (χ1n) is 9.56. The van der Waals surface area contributed by atoms with E-state index in [1.54, 1.807) is 18.4 Å². The third-order valence-electron chi connectivity index (χ3n) is 5.55. The van der Waals surface area contributed by atoms with Crippen molar-refractivity contribution in [2.75, 3.05) is 50.2 Å². The molecule has 1 aromatic rings. The minimum Gasteiger partial charge on any atom is -0.388 e. The van der Waals surface area contributed by atoms with Crippen molar-refractivity contribution < 1.29 is 8.42 Å². The van der Waals surface area contributed by atoms with Crippen molar-refractivity contribution in [3.05, 3.63) is 36.4 Å². The number of sulfonamides is 1. The zero-order chi connectivity index (χ0) is 19.4. The van der Waals surface area contributed by atoms with E-state index < -0.39 is 10.0 Å². The van der Waals surface area contributed by atoms with Crippen LogP contribution < -0.4 is 16.0 Å². The van der Waals surface area contributed by atoms with Crippen LogP contribution in [0.3, 0.4) is 0 Å². The van der Waals surface area contributed by atoms with E-state index in [2.05, 4.69) is 40.3 Å². The lowest BCUT2D eigenvalue weighted by Crippen LogP contribution is -2.40. The van der Waals surface area contributed by atoms with Crippen LogP contribution in [0, 0.1) is 11.8 Å². The first-order chi connectivity index (χ1) is 13.0. The lowest BCUT2D eigenvalue weighted by molar-refractivity contribution is 0.250. The number of rotatable bonds is 6. The van der Waals surface area contributed by atoms with Crippen LogP contribution in [0.4, 0.5) is 17.1 Å². The van der Waals surface area contributed by atoms with E-state index in [1.165, 1.54) is 0 Å². The molecule has 148 valence electrons. The van der Waals surface area contributed by atoms with Gasteiger partial charge in [0.15, 0.2) is 0 Å². The van der Waals surface area contributed by atoms with Crippen LogP contribution in [0.1, 0.15) is 19.3 Å². The fraction of sp³-hybridized carbons (Fsp3) is 0.500. The van der Waals surface area contributed by atoms with E-state index in [0.717, 1.165) is 24.9 Å². The lowest BCUT2D eigenvalue weighted by Gasteiger charge is -2.34. The molecule has 0 saturated carbocycles. The van der Waals surface area contributed by atoms with Gasteiger partial charge in [-0.1, -0.05) is 24.3 Å². The highest BCUT2D eigenvalue weighted by molar-refractivity contribution is 7.89. The van der Waals surface area contributed by atoms with Crippen LogP contribution in [0.15, 0.2) is 41.3 Å². The Balaban J connectivity index is 1.84. The summed E-state index contributed by atoms with van der Waals surface area (Å²) in [5.41, 5.74) is 2.06. The van der Waals surface area contributed by atoms with Gasteiger partial charge in [-0.05, 0) is 43.2 Å². The van der Waals surface area contributed by atoms with Gasteiger partial charge in [0.25, 0.3) is 0 Å². The van der Waals surface area contributed by atoms with Crippen LogP contribution in [0.2, 0.25) is 0 Å².